The van der Waals surface area contributed by atoms with E-state index in [1.54, 1.807) is 0 Å². The molecule has 0 fully saturated rings. The molecule has 3 aromatic heterocycles. The maximum atomic E-state index is 10.6. The van der Waals surface area contributed by atoms with Crippen molar-refractivity contribution in [3.63, 3.8) is 0 Å². The van der Waals surface area contributed by atoms with Gasteiger partial charge in [-0.25, -0.2) is 4.98 Å². The van der Waals surface area contributed by atoms with Crippen LogP contribution in [0.15, 0.2) is 36.4 Å². The zero-order chi connectivity index (χ0) is 26.3. The van der Waals surface area contributed by atoms with Gasteiger partial charge in [0.25, 0.3) is 0 Å². The van der Waals surface area contributed by atoms with Gasteiger partial charge in [0.1, 0.15) is 0 Å². The molecule has 5 rings (SSSR count). The second kappa shape index (κ2) is 10.2. The SMILES string of the molecule is CCC1=C(C)c2cc3cc(cc4[nH]c(cc5[nH]c(cc1n2)c(CC)c5CC)c(CC)c4C)CC(O)C=C3. The monoisotopic (exact) mass is 493 g/mol. The molecule has 1 atom stereocenters. The number of aliphatic hydroxyl groups is 1. The molecule has 192 valence electrons. The second-order valence-electron chi connectivity index (χ2n) is 10.3. The number of aromatic amines is 2. The molecule has 4 nitrogen and oxygen atoms in total. The highest BCUT2D eigenvalue weighted by Crippen LogP contribution is 2.34. The van der Waals surface area contributed by atoms with Gasteiger partial charge in [-0.1, -0.05) is 45.9 Å². The van der Waals surface area contributed by atoms with Crippen molar-refractivity contribution in [2.75, 3.05) is 0 Å². The van der Waals surface area contributed by atoms with Gasteiger partial charge in [-0.05, 0) is 108 Å². The molecule has 1 aliphatic carbocycles. The molecule has 0 saturated heterocycles. The average molecular weight is 494 g/mol. The Labute approximate surface area is 220 Å². The molecule has 8 bridgehead atoms. The van der Waals surface area contributed by atoms with Crippen molar-refractivity contribution in [3.8, 4) is 0 Å². The Hall–Kier alpha value is -3.37. The van der Waals surface area contributed by atoms with Crippen LogP contribution >= 0.6 is 0 Å². The zero-order valence-corrected chi connectivity index (χ0v) is 23.0. The van der Waals surface area contributed by atoms with E-state index in [2.05, 4.69) is 81.8 Å². The molecule has 4 heterocycles. The fraction of sp³-hybridized carbons (Fsp3) is 0.364. The summed E-state index contributed by atoms with van der Waals surface area (Å²) in [5.41, 5.74) is 16.7. The van der Waals surface area contributed by atoms with Crippen LogP contribution in [0.25, 0.3) is 39.3 Å². The number of H-pyrrole nitrogens is 2. The van der Waals surface area contributed by atoms with Gasteiger partial charge in [-0.2, -0.15) is 0 Å². The maximum absolute atomic E-state index is 10.6. The summed E-state index contributed by atoms with van der Waals surface area (Å²) >= 11 is 0. The number of hydrogen-bond acceptors (Lipinski definition) is 2. The number of hydrogen-bond donors (Lipinski definition) is 3. The molecule has 37 heavy (non-hydrogen) atoms. The lowest BCUT2D eigenvalue weighted by Crippen LogP contribution is -2.04. The third-order valence-corrected chi connectivity index (χ3v) is 8.05. The molecule has 1 unspecified atom stereocenters. The Morgan fingerprint density at radius 2 is 1.41 bits per heavy atom. The average Bonchev–Trinajstić information content (AvgIpc) is 3.41. The highest BCUT2D eigenvalue weighted by Gasteiger charge is 2.17. The predicted molar refractivity (Wildman–Crippen MR) is 158 cm³/mol. The topological polar surface area (TPSA) is 64.7 Å². The van der Waals surface area contributed by atoms with Crippen LogP contribution in [0.3, 0.4) is 0 Å². The number of nitrogens with one attached hydrogen (secondary N) is 2. The van der Waals surface area contributed by atoms with Crippen LogP contribution in [-0.4, -0.2) is 26.2 Å². The van der Waals surface area contributed by atoms with Crippen LogP contribution in [-0.2, 0) is 25.7 Å². The van der Waals surface area contributed by atoms with Crippen LogP contribution in [0.1, 0.15) is 85.8 Å². The molecule has 0 aromatic carbocycles. The summed E-state index contributed by atoms with van der Waals surface area (Å²) in [4.78, 5) is 12.6. The summed E-state index contributed by atoms with van der Waals surface area (Å²) in [5, 5.41) is 10.6. The lowest BCUT2D eigenvalue weighted by molar-refractivity contribution is 0.225. The first-order valence-electron chi connectivity index (χ1n) is 13.8. The van der Waals surface area contributed by atoms with Crippen LogP contribution in [0, 0.1) is 6.92 Å². The number of aryl methyl sites for hydroxylation is 4. The van der Waals surface area contributed by atoms with E-state index in [1.165, 1.54) is 38.9 Å². The number of aromatic nitrogens is 3. The molecule has 0 radical (unpaired) electrons. The quantitative estimate of drug-likeness (QED) is 0.346. The number of allylic oxidation sites excluding steroid dienone is 2. The highest BCUT2D eigenvalue weighted by atomic mass is 16.3. The maximum Gasteiger partial charge on any atom is 0.0764 e. The second-order valence-corrected chi connectivity index (χ2v) is 10.3. The van der Waals surface area contributed by atoms with Gasteiger partial charge < -0.3 is 15.1 Å². The zero-order valence-electron chi connectivity index (χ0n) is 23.0. The highest BCUT2D eigenvalue weighted by molar-refractivity contribution is 5.92. The van der Waals surface area contributed by atoms with E-state index in [0.717, 1.165) is 64.7 Å². The van der Waals surface area contributed by atoms with Crippen LogP contribution in [0.2, 0.25) is 0 Å². The lowest BCUT2D eigenvalue weighted by Gasteiger charge is -2.02. The van der Waals surface area contributed by atoms with Crippen molar-refractivity contribution in [1.82, 2.24) is 15.0 Å². The molecule has 2 aliphatic rings. The van der Waals surface area contributed by atoms with E-state index < -0.39 is 6.10 Å². The molecular formula is C33H39N3O. The van der Waals surface area contributed by atoms with E-state index in [1.807, 2.05) is 12.2 Å². The van der Waals surface area contributed by atoms with E-state index in [4.69, 9.17) is 4.98 Å². The third-order valence-electron chi connectivity index (χ3n) is 8.05. The van der Waals surface area contributed by atoms with Gasteiger partial charge in [0, 0.05) is 28.5 Å². The Balaban J connectivity index is 1.99. The minimum Gasteiger partial charge on any atom is -0.389 e. The normalized spacial score (nSPS) is 15.8. The number of rotatable bonds is 4. The van der Waals surface area contributed by atoms with E-state index in [9.17, 15) is 5.11 Å². The lowest BCUT2D eigenvalue weighted by atomic mass is 10.0. The summed E-state index contributed by atoms with van der Waals surface area (Å²) in [5.74, 6) is 0. The summed E-state index contributed by atoms with van der Waals surface area (Å²) in [6.07, 6.45) is 7.82. The van der Waals surface area contributed by atoms with Crippen molar-refractivity contribution in [2.45, 2.75) is 79.8 Å². The van der Waals surface area contributed by atoms with Crippen molar-refractivity contribution in [2.24, 2.45) is 0 Å². The first-order valence-corrected chi connectivity index (χ1v) is 13.8. The van der Waals surface area contributed by atoms with Crippen LogP contribution in [0.4, 0.5) is 0 Å². The Kier molecular flexibility index (Phi) is 6.96. The Morgan fingerprint density at radius 3 is 2.08 bits per heavy atom. The van der Waals surface area contributed by atoms with E-state index >= 15 is 0 Å². The fourth-order valence-electron chi connectivity index (χ4n) is 6.08. The first-order chi connectivity index (χ1) is 17.9. The number of aliphatic hydroxyl groups excluding tert-OH is 1. The van der Waals surface area contributed by atoms with E-state index in [0.29, 0.717) is 6.42 Å². The van der Waals surface area contributed by atoms with Gasteiger partial charge in [0.05, 0.1) is 17.5 Å². The third kappa shape index (κ3) is 4.59. The van der Waals surface area contributed by atoms with Gasteiger partial charge in [-0.15, -0.1) is 0 Å². The molecule has 3 aromatic rings. The standard InChI is InChI=1S/C33H39N3O/c1-7-24-19(5)28-15-21-11-12-23(37)14-22(13-21)16-29-20(6)25(8-2)31(35-29)18-33-27(10-4)26(9-3)32(36-33)17-30(24)34-28/h11-13,15-18,23,35-37H,7-10,14H2,1-6H3. The van der Waals surface area contributed by atoms with Gasteiger partial charge in [0.15, 0.2) is 0 Å². The number of fused-ring (bicyclic) bond motifs is 8. The van der Waals surface area contributed by atoms with Gasteiger partial charge in [0.2, 0.25) is 0 Å². The minimum absolute atomic E-state index is 0.511. The van der Waals surface area contributed by atoms with Crippen molar-refractivity contribution in [3.05, 3.63) is 81.2 Å². The summed E-state index contributed by atoms with van der Waals surface area (Å²) in [6.45, 7) is 13.3. The van der Waals surface area contributed by atoms with Crippen LogP contribution < -0.4 is 0 Å². The smallest absolute Gasteiger partial charge is 0.0764 e. The van der Waals surface area contributed by atoms with Gasteiger partial charge in [-0.3, -0.25) is 0 Å². The molecule has 3 N–H and O–H groups in total. The molecule has 4 heteroatoms. The van der Waals surface area contributed by atoms with Crippen molar-refractivity contribution >= 4 is 39.3 Å². The Morgan fingerprint density at radius 1 is 0.757 bits per heavy atom. The van der Waals surface area contributed by atoms with Gasteiger partial charge >= 0.3 is 0 Å². The number of nitrogens with zero attached hydrogens (tertiary/aromatic N) is 1. The predicted octanol–water partition coefficient (Wildman–Crippen LogP) is 7.87. The molecule has 0 spiro atoms. The van der Waals surface area contributed by atoms with Crippen molar-refractivity contribution < 1.29 is 5.11 Å². The first kappa shape index (κ1) is 25.3. The largest absolute Gasteiger partial charge is 0.389 e. The van der Waals surface area contributed by atoms with Crippen molar-refractivity contribution in [1.29, 1.82) is 0 Å². The summed E-state index contributed by atoms with van der Waals surface area (Å²) in [7, 11) is 0. The summed E-state index contributed by atoms with van der Waals surface area (Å²) < 4.78 is 0. The minimum atomic E-state index is -0.511. The molecular weight excluding hydrogens is 454 g/mol. The van der Waals surface area contributed by atoms with E-state index in [-0.39, 0.29) is 0 Å². The summed E-state index contributed by atoms with van der Waals surface area (Å²) in [6, 6.07) is 11.1. The Bertz CT molecular complexity index is 1580. The molecule has 0 saturated carbocycles. The molecule has 1 aliphatic heterocycles. The molecule has 0 amide bonds. The fourth-order valence-corrected chi connectivity index (χ4v) is 6.08. The van der Waals surface area contributed by atoms with Crippen LogP contribution in [0.5, 0.6) is 0 Å².